The molecule has 1 unspecified atom stereocenters. The maximum atomic E-state index is 5.35. The number of hydrogen-bond donors (Lipinski definition) is 1. The number of aromatic nitrogens is 1. The van der Waals surface area contributed by atoms with Crippen molar-refractivity contribution >= 4 is 21.7 Å². The zero-order valence-corrected chi connectivity index (χ0v) is 9.93. The Kier molecular flexibility index (Phi) is 3.97. The summed E-state index contributed by atoms with van der Waals surface area (Å²) in [4.78, 5) is 4.35. The maximum absolute atomic E-state index is 5.35. The number of halogens is 1. The summed E-state index contributed by atoms with van der Waals surface area (Å²) >= 11 is 3.40. The van der Waals surface area contributed by atoms with Crippen molar-refractivity contribution in [3.8, 4) is 12.3 Å². The Morgan fingerprint density at radius 3 is 2.86 bits per heavy atom. The number of hydrogen-bond acceptors (Lipinski definition) is 2. The minimum Gasteiger partial charge on any atom is -0.356 e. The molecular formula is C11H13BrN2. The molecule has 0 aliphatic rings. The van der Waals surface area contributed by atoms with Gasteiger partial charge in [-0.1, -0.05) is 12.8 Å². The van der Waals surface area contributed by atoms with Crippen molar-refractivity contribution < 1.29 is 0 Å². The van der Waals surface area contributed by atoms with Gasteiger partial charge in [0.25, 0.3) is 0 Å². The average molecular weight is 253 g/mol. The Labute approximate surface area is 93.3 Å². The smallest absolute Gasteiger partial charge is 0.127 e. The summed E-state index contributed by atoms with van der Waals surface area (Å²) in [5, 5.41) is 3.18. The Hall–Kier alpha value is -1.01. The molecule has 1 aromatic heterocycles. The number of aryl methyl sites for hydroxylation is 1. The molecule has 3 heteroatoms. The topological polar surface area (TPSA) is 24.9 Å². The van der Waals surface area contributed by atoms with Crippen LogP contribution in [0.5, 0.6) is 0 Å². The molecule has 1 rings (SSSR count). The van der Waals surface area contributed by atoms with Crippen molar-refractivity contribution in [3.63, 3.8) is 0 Å². The fourth-order valence-electron chi connectivity index (χ4n) is 1.06. The first-order chi connectivity index (χ1) is 6.67. The highest BCUT2D eigenvalue weighted by Crippen LogP contribution is 2.16. The summed E-state index contributed by atoms with van der Waals surface area (Å²) in [6, 6.07) is 3.94. The first-order valence-corrected chi connectivity index (χ1v) is 5.32. The lowest BCUT2D eigenvalue weighted by molar-refractivity contribution is 0.849. The van der Waals surface area contributed by atoms with Crippen molar-refractivity contribution in [2.45, 2.75) is 26.3 Å². The molecule has 0 spiro atoms. The van der Waals surface area contributed by atoms with Gasteiger partial charge in [0, 0.05) is 4.47 Å². The molecule has 0 aliphatic carbocycles. The van der Waals surface area contributed by atoms with E-state index in [1.54, 1.807) is 0 Å². The van der Waals surface area contributed by atoms with E-state index in [9.17, 15) is 0 Å². The number of nitrogens with one attached hydrogen (secondary N) is 1. The van der Waals surface area contributed by atoms with Crippen molar-refractivity contribution in [2.75, 3.05) is 5.32 Å². The molecule has 1 aromatic rings. The third-order valence-corrected chi connectivity index (χ3v) is 2.79. The number of terminal acetylenes is 1. The van der Waals surface area contributed by atoms with Crippen LogP contribution in [0.25, 0.3) is 0 Å². The van der Waals surface area contributed by atoms with Crippen LogP contribution < -0.4 is 5.32 Å². The van der Waals surface area contributed by atoms with Gasteiger partial charge >= 0.3 is 0 Å². The van der Waals surface area contributed by atoms with Crippen LogP contribution in [-0.2, 0) is 0 Å². The minimum absolute atomic E-state index is 0.0584. The molecule has 1 N–H and O–H groups in total. The molecule has 1 heterocycles. The van der Waals surface area contributed by atoms with Gasteiger partial charge in [0.15, 0.2) is 0 Å². The fourth-order valence-corrected chi connectivity index (χ4v) is 1.29. The molecule has 0 amide bonds. The lowest BCUT2D eigenvalue weighted by Gasteiger charge is -2.11. The second-order valence-corrected chi connectivity index (χ2v) is 3.89. The Morgan fingerprint density at radius 1 is 1.64 bits per heavy atom. The molecule has 0 fully saturated rings. The Morgan fingerprint density at radius 2 is 2.36 bits per heavy atom. The predicted octanol–water partition coefficient (Wildman–Crippen LogP) is 2.98. The van der Waals surface area contributed by atoms with E-state index in [1.165, 1.54) is 0 Å². The van der Waals surface area contributed by atoms with Crippen LogP contribution in [0.4, 0.5) is 5.82 Å². The molecule has 2 nitrogen and oxygen atoms in total. The van der Waals surface area contributed by atoms with Gasteiger partial charge in [-0.15, -0.1) is 6.42 Å². The highest BCUT2D eigenvalue weighted by Gasteiger charge is 2.03. The zero-order valence-electron chi connectivity index (χ0n) is 8.34. The van der Waals surface area contributed by atoms with E-state index < -0.39 is 0 Å². The molecule has 74 valence electrons. The molecule has 0 radical (unpaired) electrons. The molecule has 0 saturated carbocycles. The second kappa shape index (κ2) is 5.02. The van der Waals surface area contributed by atoms with E-state index in [-0.39, 0.29) is 6.04 Å². The highest BCUT2D eigenvalue weighted by atomic mass is 79.9. The number of anilines is 1. The van der Waals surface area contributed by atoms with Crippen LogP contribution in [0.15, 0.2) is 16.6 Å². The van der Waals surface area contributed by atoms with Gasteiger partial charge in [0.1, 0.15) is 5.82 Å². The SMILES string of the molecule is C#CC(CC)Nc1ccc(Br)c(C)n1. The number of rotatable bonds is 3. The highest BCUT2D eigenvalue weighted by molar-refractivity contribution is 9.10. The first-order valence-electron chi connectivity index (χ1n) is 4.53. The van der Waals surface area contributed by atoms with E-state index in [1.807, 2.05) is 26.0 Å². The molecule has 14 heavy (non-hydrogen) atoms. The van der Waals surface area contributed by atoms with Gasteiger partial charge in [0.05, 0.1) is 11.7 Å². The summed E-state index contributed by atoms with van der Waals surface area (Å²) in [7, 11) is 0. The summed E-state index contributed by atoms with van der Waals surface area (Å²) < 4.78 is 1.01. The van der Waals surface area contributed by atoms with Crippen molar-refractivity contribution in [1.82, 2.24) is 4.98 Å². The van der Waals surface area contributed by atoms with E-state index in [0.29, 0.717) is 0 Å². The number of pyridine rings is 1. The molecule has 1 atom stereocenters. The molecular weight excluding hydrogens is 240 g/mol. The van der Waals surface area contributed by atoms with Crippen LogP contribution in [0.2, 0.25) is 0 Å². The average Bonchev–Trinajstić information content (AvgIpc) is 2.19. The van der Waals surface area contributed by atoms with Crippen molar-refractivity contribution in [1.29, 1.82) is 0 Å². The van der Waals surface area contributed by atoms with Gasteiger partial charge < -0.3 is 5.32 Å². The largest absolute Gasteiger partial charge is 0.356 e. The van der Waals surface area contributed by atoms with Gasteiger partial charge in [-0.2, -0.15) is 0 Å². The van der Waals surface area contributed by atoms with Gasteiger partial charge in [-0.05, 0) is 41.4 Å². The van der Waals surface area contributed by atoms with E-state index in [4.69, 9.17) is 6.42 Å². The number of nitrogens with zero attached hydrogens (tertiary/aromatic N) is 1. The predicted molar refractivity (Wildman–Crippen MR) is 63.2 cm³/mol. The lowest BCUT2D eigenvalue weighted by Crippen LogP contribution is -2.16. The fraction of sp³-hybridized carbons (Fsp3) is 0.364. The minimum atomic E-state index is 0.0584. The Bertz CT molecular complexity index is 355. The van der Waals surface area contributed by atoms with Gasteiger partial charge in [-0.25, -0.2) is 4.98 Å². The molecule has 0 aromatic carbocycles. The summed E-state index contributed by atoms with van der Waals surface area (Å²) in [6.07, 6.45) is 6.25. The first kappa shape index (κ1) is 11.1. The van der Waals surface area contributed by atoms with Crippen LogP contribution in [0.1, 0.15) is 19.0 Å². The summed E-state index contributed by atoms with van der Waals surface area (Å²) in [5.41, 5.74) is 0.960. The standard InChI is InChI=1S/C11H13BrN2/c1-4-9(5-2)14-11-7-6-10(12)8(3)13-11/h1,6-7,9H,5H2,2-3H3,(H,13,14). The van der Waals surface area contributed by atoms with Crippen LogP contribution in [-0.4, -0.2) is 11.0 Å². The second-order valence-electron chi connectivity index (χ2n) is 3.04. The van der Waals surface area contributed by atoms with Crippen LogP contribution >= 0.6 is 15.9 Å². The monoisotopic (exact) mass is 252 g/mol. The van der Waals surface area contributed by atoms with Crippen molar-refractivity contribution in [3.05, 3.63) is 22.3 Å². The third-order valence-electron chi connectivity index (χ3n) is 1.95. The van der Waals surface area contributed by atoms with E-state index in [0.717, 1.165) is 22.4 Å². The quantitative estimate of drug-likeness (QED) is 0.837. The Balaban J connectivity index is 2.78. The lowest BCUT2D eigenvalue weighted by atomic mass is 10.2. The normalized spacial score (nSPS) is 11.9. The van der Waals surface area contributed by atoms with Crippen LogP contribution in [0.3, 0.4) is 0 Å². The third kappa shape index (κ3) is 2.74. The molecule has 0 bridgehead atoms. The van der Waals surface area contributed by atoms with Crippen molar-refractivity contribution in [2.24, 2.45) is 0 Å². The summed E-state index contributed by atoms with van der Waals surface area (Å²) in [5.74, 6) is 3.50. The molecule has 0 saturated heterocycles. The maximum Gasteiger partial charge on any atom is 0.127 e. The van der Waals surface area contributed by atoms with Crippen LogP contribution in [0, 0.1) is 19.3 Å². The summed E-state index contributed by atoms with van der Waals surface area (Å²) in [6.45, 7) is 4.00. The van der Waals surface area contributed by atoms with E-state index in [2.05, 4.69) is 32.2 Å². The molecule has 0 aliphatic heterocycles. The zero-order chi connectivity index (χ0) is 10.6. The van der Waals surface area contributed by atoms with Gasteiger partial charge in [-0.3, -0.25) is 0 Å². The van der Waals surface area contributed by atoms with Gasteiger partial charge in [0.2, 0.25) is 0 Å². The van der Waals surface area contributed by atoms with E-state index >= 15 is 0 Å².